The fraction of sp³-hybridized carbons (Fsp3) is 0.250. The zero-order valence-electron chi connectivity index (χ0n) is 14.1. The van der Waals surface area contributed by atoms with Gasteiger partial charge in [0, 0.05) is 30.4 Å². The van der Waals surface area contributed by atoms with E-state index < -0.39 is 0 Å². The Kier molecular flexibility index (Phi) is 4.96. The number of anilines is 1. The SMILES string of the molecule is COc1ccccc1C=CC(=O)Nc1ccc2c(c1)CN(C)CC2. The van der Waals surface area contributed by atoms with Crippen molar-refractivity contribution < 1.29 is 9.53 Å². The van der Waals surface area contributed by atoms with Gasteiger partial charge in [-0.25, -0.2) is 0 Å². The summed E-state index contributed by atoms with van der Waals surface area (Å²) in [6.45, 7) is 2.01. The number of ether oxygens (including phenoxy) is 1. The van der Waals surface area contributed by atoms with Crippen LogP contribution in [0.4, 0.5) is 5.69 Å². The number of para-hydroxylation sites is 1. The molecule has 24 heavy (non-hydrogen) atoms. The summed E-state index contributed by atoms with van der Waals surface area (Å²) in [6.07, 6.45) is 4.36. The average Bonchev–Trinajstić information content (AvgIpc) is 2.60. The lowest BCUT2D eigenvalue weighted by Gasteiger charge is -2.25. The molecular weight excluding hydrogens is 300 g/mol. The van der Waals surface area contributed by atoms with E-state index in [1.165, 1.54) is 17.2 Å². The van der Waals surface area contributed by atoms with Crippen molar-refractivity contribution in [3.8, 4) is 5.75 Å². The Labute approximate surface area is 142 Å². The van der Waals surface area contributed by atoms with Crippen molar-refractivity contribution in [3.05, 3.63) is 65.2 Å². The summed E-state index contributed by atoms with van der Waals surface area (Å²) in [7, 11) is 3.74. The molecule has 1 aliphatic rings. The van der Waals surface area contributed by atoms with Crippen LogP contribution < -0.4 is 10.1 Å². The molecule has 124 valence electrons. The molecule has 1 amide bonds. The number of methoxy groups -OCH3 is 1. The van der Waals surface area contributed by atoms with Crippen molar-refractivity contribution in [1.29, 1.82) is 0 Å². The number of amides is 1. The first-order valence-electron chi connectivity index (χ1n) is 8.08. The summed E-state index contributed by atoms with van der Waals surface area (Å²) in [5.74, 6) is 0.600. The lowest BCUT2D eigenvalue weighted by atomic mass is 9.99. The summed E-state index contributed by atoms with van der Waals surface area (Å²) >= 11 is 0. The maximum Gasteiger partial charge on any atom is 0.248 e. The Morgan fingerprint density at radius 2 is 2.04 bits per heavy atom. The minimum atomic E-state index is -0.148. The number of likely N-dealkylation sites (N-methyl/N-ethyl adjacent to an activating group) is 1. The molecule has 0 bridgehead atoms. The fourth-order valence-electron chi connectivity index (χ4n) is 2.93. The van der Waals surface area contributed by atoms with E-state index in [0.717, 1.165) is 36.5 Å². The van der Waals surface area contributed by atoms with Crippen LogP contribution in [0.25, 0.3) is 6.08 Å². The first-order chi connectivity index (χ1) is 11.7. The van der Waals surface area contributed by atoms with E-state index >= 15 is 0 Å². The van der Waals surface area contributed by atoms with Gasteiger partial charge < -0.3 is 15.0 Å². The summed E-state index contributed by atoms with van der Waals surface area (Å²) in [4.78, 5) is 14.5. The zero-order chi connectivity index (χ0) is 16.9. The number of nitrogens with one attached hydrogen (secondary N) is 1. The van der Waals surface area contributed by atoms with Crippen molar-refractivity contribution in [3.63, 3.8) is 0 Å². The van der Waals surface area contributed by atoms with Gasteiger partial charge in [-0.3, -0.25) is 4.79 Å². The number of rotatable bonds is 4. The molecule has 0 fully saturated rings. The molecule has 2 aromatic rings. The Balaban J connectivity index is 1.69. The van der Waals surface area contributed by atoms with Crippen LogP contribution in [0.3, 0.4) is 0 Å². The van der Waals surface area contributed by atoms with Crippen molar-refractivity contribution in [1.82, 2.24) is 4.90 Å². The molecule has 0 aliphatic carbocycles. The largest absolute Gasteiger partial charge is 0.496 e. The van der Waals surface area contributed by atoms with Gasteiger partial charge in [0.25, 0.3) is 0 Å². The summed E-state index contributed by atoms with van der Waals surface area (Å²) in [5.41, 5.74) is 4.37. The second-order valence-electron chi connectivity index (χ2n) is 6.04. The van der Waals surface area contributed by atoms with Gasteiger partial charge in [0.1, 0.15) is 5.75 Å². The Bertz CT molecular complexity index is 768. The number of hydrogen-bond acceptors (Lipinski definition) is 3. The Morgan fingerprint density at radius 3 is 2.88 bits per heavy atom. The Hall–Kier alpha value is -2.59. The number of nitrogens with zero attached hydrogens (tertiary/aromatic N) is 1. The van der Waals surface area contributed by atoms with E-state index in [0.29, 0.717) is 0 Å². The molecule has 1 N–H and O–H groups in total. The first-order valence-corrected chi connectivity index (χ1v) is 8.08. The zero-order valence-corrected chi connectivity index (χ0v) is 14.1. The van der Waals surface area contributed by atoms with Crippen molar-refractivity contribution >= 4 is 17.7 Å². The number of hydrogen-bond donors (Lipinski definition) is 1. The maximum absolute atomic E-state index is 12.2. The molecule has 0 saturated carbocycles. The highest BCUT2D eigenvalue weighted by Crippen LogP contribution is 2.22. The van der Waals surface area contributed by atoms with Gasteiger partial charge >= 0.3 is 0 Å². The minimum absolute atomic E-state index is 0.148. The number of benzene rings is 2. The second kappa shape index (κ2) is 7.32. The third kappa shape index (κ3) is 3.84. The van der Waals surface area contributed by atoms with Gasteiger partial charge in [0.15, 0.2) is 0 Å². The van der Waals surface area contributed by atoms with Crippen LogP contribution in [0.15, 0.2) is 48.5 Å². The van der Waals surface area contributed by atoms with Crippen LogP contribution in [0.5, 0.6) is 5.75 Å². The highest BCUT2D eigenvalue weighted by Gasteiger charge is 2.13. The molecule has 0 radical (unpaired) electrons. The molecule has 4 nitrogen and oxygen atoms in total. The van der Waals surface area contributed by atoms with Gasteiger partial charge in [-0.2, -0.15) is 0 Å². The molecule has 0 atom stereocenters. The number of fused-ring (bicyclic) bond motifs is 1. The van der Waals surface area contributed by atoms with Crippen LogP contribution >= 0.6 is 0 Å². The van der Waals surface area contributed by atoms with E-state index in [1.807, 2.05) is 30.3 Å². The number of carbonyl (C=O) groups is 1. The quantitative estimate of drug-likeness (QED) is 0.878. The van der Waals surface area contributed by atoms with Crippen LogP contribution in [0.1, 0.15) is 16.7 Å². The molecule has 0 spiro atoms. The van der Waals surface area contributed by atoms with E-state index in [4.69, 9.17) is 4.74 Å². The van der Waals surface area contributed by atoms with Crippen LogP contribution in [0, 0.1) is 0 Å². The predicted molar refractivity (Wildman–Crippen MR) is 97.1 cm³/mol. The maximum atomic E-state index is 12.2. The normalized spacial score (nSPS) is 14.4. The minimum Gasteiger partial charge on any atom is -0.496 e. The van der Waals surface area contributed by atoms with E-state index in [2.05, 4.69) is 29.4 Å². The molecule has 4 heteroatoms. The second-order valence-corrected chi connectivity index (χ2v) is 6.04. The van der Waals surface area contributed by atoms with E-state index in [1.54, 1.807) is 13.2 Å². The van der Waals surface area contributed by atoms with Crippen LogP contribution in [-0.4, -0.2) is 31.5 Å². The van der Waals surface area contributed by atoms with Gasteiger partial charge in [-0.05, 0) is 48.9 Å². The summed E-state index contributed by atoms with van der Waals surface area (Å²) in [6, 6.07) is 13.8. The lowest BCUT2D eigenvalue weighted by molar-refractivity contribution is -0.111. The molecule has 3 rings (SSSR count). The third-order valence-corrected chi connectivity index (χ3v) is 4.23. The first kappa shape index (κ1) is 16.3. The molecule has 0 unspecified atom stereocenters. The van der Waals surface area contributed by atoms with E-state index in [-0.39, 0.29) is 5.91 Å². The van der Waals surface area contributed by atoms with Crippen LogP contribution in [0.2, 0.25) is 0 Å². The lowest BCUT2D eigenvalue weighted by Crippen LogP contribution is -2.26. The smallest absolute Gasteiger partial charge is 0.248 e. The van der Waals surface area contributed by atoms with Gasteiger partial charge in [-0.1, -0.05) is 24.3 Å². The highest BCUT2D eigenvalue weighted by atomic mass is 16.5. The highest BCUT2D eigenvalue weighted by molar-refractivity contribution is 6.02. The van der Waals surface area contributed by atoms with Gasteiger partial charge in [0.05, 0.1) is 7.11 Å². The van der Waals surface area contributed by atoms with Crippen molar-refractivity contribution in [2.45, 2.75) is 13.0 Å². The monoisotopic (exact) mass is 322 g/mol. The molecule has 1 heterocycles. The number of carbonyl (C=O) groups excluding carboxylic acids is 1. The summed E-state index contributed by atoms with van der Waals surface area (Å²) < 4.78 is 5.28. The fourth-order valence-corrected chi connectivity index (χ4v) is 2.93. The van der Waals surface area contributed by atoms with Crippen LogP contribution in [-0.2, 0) is 17.8 Å². The predicted octanol–water partition coefficient (Wildman–Crippen LogP) is 3.34. The van der Waals surface area contributed by atoms with Gasteiger partial charge in [0.2, 0.25) is 5.91 Å². The summed E-state index contributed by atoms with van der Waals surface area (Å²) in [5, 5.41) is 2.93. The van der Waals surface area contributed by atoms with Crippen molar-refractivity contribution in [2.75, 3.05) is 26.0 Å². The Morgan fingerprint density at radius 1 is 1.21 bits per heavy atom. The van der Waals surface area contributed by atoms with Crippen molar-refractivity contribution in [2.24, 2.45) is 0 Å². The molecule has 1 aliphatic heterocycles. The molecular formula is C20H22N2O2. The standard InChI is InChI=1S/C20H22N2O2/c1-22-12-11-15-7-9-18(13-17(15)14-22)21-20(23)10-8-16-5-3-4-6-19(16)24-2/h3-10,13H,11-12,14H2,1-2H3,(H,21,23). The van der Waals surface area contributed by atoms with Gasteiger partial charge in [-0.15, -0.1) is 0 Å². The van der Waals surface area contributed by atoms with E-state index in [9.17, 15) is 4.79 Å². The molecule has 0 aromatic heterocycles. The average molecular weight is 322 g/mol. The molecule has 0 saturated heterocycles. The molecule has 2 aromatic carbocycles. The topological polar surface area (TPSA) is 41.6 Å². The third-order valence-electron chi connectivity index (χ3n) is 4.23.